The monoisotopic (exact) mass is 356 g/mol. The van der Waals surface area contributed by atoms with Gasteiger partial charge < -0.3 is 16.0 Å². The highest BCUT2D eigenvalue weighted by Crippen LogP contribution is 1.96. The number of nitrogens with one attached hydrogen (secondary N) is 3. The first-order valence-electron chi connectivity index (χ1n) is 6.26. The molecule has 0 atom stereocenters. The second-order valence-corrected chi connectivity index (χ2v) is 4.86. The molecule has 5 heteroatoms. The Balaban J connectivity index is 0. The molecule has 17 heavy (non-hydrogen) atoms. The minimum absolute atomic E-state index is 0. The SMILES string of the molecule is CCCN=C(NCC)NCCNC(C)(C)C.I. The second kappa shape index (κ2) is 11.1. The molecule has 0 unspecified atom stereocenters. The zero-order valence-electron chi connectivity index (χ0n) is 11.9. The first-order chi connectivity index (χ1) is 7.49. The highest BCUT2D eigenvalue weighted by molar-refractivity contribution is 14.0. The van der Waals surface area contributed by atoms with E-state index in [1.54, 1.807) is 0 Å². The summed E-state index contributed by atoms with van der Waals surface area (Å²) in [7, 11) is 0. The quantitative estimate of drug-likeness (QED) is 0.295. The lowest BCUT2D eigenvalue weighted by atomic mass is 10.1. The van der Waals surface area contributed by atoms with Gasteiger partial charge in [0.2, 0.25) is 0 Å². The molecular weight excluding hydrogens is 327 g/mol. The smallest absolute Gasteiger partial charge is 0.191 e. The summed E-state index contributed by atoms with van der Waals surface area (Å²) in [5.41, 5.74) is 0.181. The van der Waals surface area contributed by atoms with Crippen molar-refractivity contribution in [2.45, 2.75) is 46.6 Å². The van der Waals surface area contributed by atoms with Crippen LogP contribution in [0.1, 0.15) is 41.0 Å². The Kier molecular flexibility index (Phi) is 12.6. The maximum atomic E-state index is 4.43. The van der Waals surface area contributed by atoms with E-state index in [-0.39, 0.29) is 29.5 Å². The Morgan fingerprint density at radius 3 is 2.18 bits per heavy atom. The highest BCUT2D eigenvalue weighted by atomic mass is 127. The van der Waals surface area contributed by atoms with Gasteiger partial charge in [-0.25, -0.2) is 0 Å². The Labute approximate surface area is 123 Å². The van der Waals surface area contributed by atoms with Crippen molar-refractivity contribution >= 4 is 29.9 Å². The average Bonchev–Trinajstić information content (AvgIpc) is 2.19. The molecule has 0 aromatic carbocycles. The first kappa shape index (κ1) is 19.3. The lowest BCUT2D eigenvalue weighted by Gasteiger charge is -2.21. The average molecular weight is 356 g/mol. The van der Waals surface area contributed by atoms with Crippen LogP contribution < -0.4 is 16.0 Å². The Morgan fingerprint density at radius 1 is 1.06 bits per heavy atom. The van der Waals surface area contributed by atoms with Crippen molar-refractivity contribution in [1.82, 2.24) is 16.0 Å². The number of nitrogens with zero attached hydrogens (tertiary/aromatic N) is 1. The van der Waals surface area contributed by atoms with Gasteiger partial charge in [-0.2, -0.15) is 0 Å². The third-order valence-electron chi connectivity index (χ3n) is 1.91. The van der Waals surface area contributed by atoms with Crippen molar-refractivity contribution in [3.8, 4) is 0 Å². The van der Waals surface area contributed by atoms with Crippen LogP contribution in [-0.2, 0) is 0 Å². The summed E-state index contributed by atoms with van der Waals surface area (Å²) in [5.74, 6) is 0.917. The van der Waals surface area contributed by atoms with Crippen molar-refractivity contribution in [3.05, 3.63) is 0 Å². The summed E-state index contributed by atoms with van der Waals surface area (Å²) < 4.78 is 0. The van der Waals surface area contributed by atoms with Crippen LogP contribution in [-0.4, -0.2) is 37.7 Å². The first-order valence-corrected chi connectivity index (χ1v) is 6.26. The van der Waals surface area contributed by atoms with Gasteiger partial charge in [-0.3, -0.25) is 4.99 Å². The minimum atomic E-state index is 0. The molecule has 0 aliphatic heterocycles. The molecule has 0 saturated carbocycles. The number of aliphatic imine (C=N–C) groups is 1. The molecule has 3 N–H and O–H groups in total. The van der Waals surface area contributed by atoms with Crippen LogP contribution in [0.3, 0.4) is 0 Å². The van der Waals surface area contributed by atoms with Gasteiger partial charge in [0.1, 0.15) is 0 Å². The molecule has 0 amide bonds. The van der Waals surface area contributed by atoms with E-state index in [4.69, 9.17) is 0 Å². The van der Waals surface area contributed by atoms with E-state index in [0.29, 0.717) is 0 Å². The van der Waals surface area contributed by atoms with Crippen molar-refractivity contribution in [3.63, 3.8) is 0 Å². The summed E-state index contributed by atoms with van der Waals surface area (Å²) in [4.78, 5) is 4.43. The largest absolute Gasteiger partial charge is 0.357 e. The van der Waals surface area contributed by atoms with Crippen molar-refractivity contribution in [1.29, 1.82) is 0 Å². The number of guanidine groups is 1. The molecule has 4 nitrogen and oxygen atoms in total. The molecule has 0 rings (SSSR count). The Bertz CT molecular complexity index is 199. The minimum Gasteiger partial charge on any atom is -0.357 e. The molecule has 0 bridgehead atoms. The van der Waals surface area contributed by atoms with Crippen LogP contribution in [0, 0.1) is 0 Å². The van der Waals surface area contributed by atoms with E-state index >= 15 is 0 Å². The lowest BCUT2D eigenvalue weighted by Crippen LogP contribution is -2.44. The maximum absolute atomic E-state index is 4.43. The van der Waals surface area contributed by atoms with Crippen molar-refractivity contribution < 1.29 is 0 Å². The summed E-state index contributed by atoms with van der Waals surface area (Å²) in [6.07, 6.45) is 1.08. The number of halogens is 1. The maximum Gasteiger partial charge on any atom is 0.191 e. The molecule has 0 aliphatic rings. The topological polar surface area (TPSA) is 48.5 Å². The van der Waals surface area contributed by atoms with E-state index in [9.17, 15) is 0 Å². The standard InChI is InChI=1S/C12H28N4.HI/c1-6-8-14-11(13-7-2)15-9-10-16-12(3,4)5;/h16H,6-10H2,1-5H3,(H2,13,14,15);1H. The van der Waals surface area contributed by atoms with Gasteiger partial charge in [0.15, 0.2) is 5.96 Å². The van der Waals surface area contributed by atoms with E-state index in [2.05, 4.69) is 55.6 Å². The van der Waals surface area contributed by atoms with E-state index in [1.165, 1.54) is 0 Å². The third-order valence-corrected chi connectivity index (χ3v) is 1.91. The van der Waals surface area contributed by atoms with E-state index in [1.807, 2.05) is 0 Å². The van der Waals surface area contributed by atoms with E-state index in [0.717, 1.165) is 38.6 Å². The predicted molar refractivity (Wildman–Crippen MR) is 87.4 cm³/mol. The fraction of sp³-hybridized carbons (Fsp3) is 0.917. The van der Waals surface area contributed by atoms with Crippen LogP contribution >= 0.6 is 24.0 Å². The summed E-state index contributed by atoms with van der Waals surface area (Å²) in [5, 5.41) is 9.96. The zero-order valence-corrected chi connectivity index (χ0v) is 14.2. The van der Waals surface area contributed by atoms with Crippen LogP contribution in [0.15, 0.2) is 4.99 Å². The predicted octanol–water partition coefficient (Wildman–Crippen LogP) is 1.96. The van der Waals surface area contributed by atoms with E-state index < -0.39 is 0 Å². The molecule has 0 aromatic rings. The molecule has 0 aromatic heterocycles. The third kappa shape index (κ3) is 13.9. The van der Waals surface area contributed by atoms with Crippen molar-refractivity contribution in [2.24, 2.45) is 4.99 Å². The Hall–Kier alpha value is -0.0400. The summed E-state index contributed by atoms with van der Waals surface area (Å²) in [6.45, 7) is 14.3. The molecule has 104 valence electrons. The molecule has 0 aliphatic carbocycles. The lowest BCUT2D eigenvalue weighted by molar-refractivity contribution is 0.428. The molecule has 0 radical (unpaired) electrons. The van der Waals surface area contributed by atoms with Gasteiger partial charge in [0, 0.05) is 31.7 Å². The van der Waals surface area contributed by atoms with Gasteiger partial charge >= 0.3 is 0 Å². The summed E-state index contributed by atoms with van der Waals surface area (Å²) >= 11 is 0. The number of hydrogen-bond acceptors (Lipinski definition) is 2. The van der Waals surface area contributed by atoms with Gasteiger partial charge in [-0.15, -0.1) is 24.0 Å². The fourth-order valence-corrected chi connectivity index (χ4v) is 1.18. The number of rotatable bonds is 6. The second-order valence-electron chi connectivity index (χ2n) is 4.86. The van der Waals surface area contributed by atoms with Crippen LogP contribution in [0.5, 0.6) is 0 Å². The van der Waals surface area contributed by atoms with Crippen LogP contribution in [0.2, 0.25) is 0 Å². The van der Waals surface area contributed by atoms with Gasteiger partial charge in [-0.05, 0) is 34.1 Å². The van der Waals surface area contributed by atoms with Crippen LogP contribution in [0.25, 0.3) is 0 Å². The molecule has 0 saturated heterocycles. The number of hydrogen-bond donors (Lipinski definition) is 3. The van der Waals surface area contributed by atoms with Crippen molar-refractivity contribution in [2.75, 3.05) is 26.2 Å². The molecule has 0 spiro atoms. The normalized spacial score (nSPS) is 11.9. The van der Waals surface area contributed by atoms with Gasteiger partial charge in [-0.1, -0.05) is 6.92 Å². The molecule has 0 fully saturated rings. The molecular formula is C12H29IN4. The Morgan fingerprint density at radius 2 is 1.71 bits per heavy atom. The summed E-state index contributed by atoms with van der Waals surface area (Å²) in [6, 6.07) is 0. The van der Waals surface area contributed by atoms with Gasteiger partial charge in [0.25, 0.3) is 0 Å². The zero-order chi connectivity index (χ0) is 12.4. The highest BCUT2D eigenvalue weighted by Gasteiger charge is 2.07. The van der Waals surface area contributed by atoms with Crippen LogP contribution in [0.4, 0.5) is 0 Å². The fourth-order valence-electron chi connectivity index (χ4n) is 1.18. The molecule has 0 heterocycles. The van der Waals surface area contributed by atoms with Gasteiger partial charge in [0.05, 0.1) is 0 Å².